The van der Waals surface area contributed by atoms with E-state index in [1.54, 1.807) is 12.1 Å². The van der Waals surface area contributed by atoms with Crippen molar-refractivity contribution in [3.05, 3.63) is 46.9 Å². The number of rotatable bonds is 2. The molecule has 0 amide bonds. The van der Waals surface area contributed by atoms with Crippen molar-refractivity contribution in [3.8, 4) is 5.75 Å². The summed E-state index contributed by atoms with van der Waals surface area (Å²) in [6.45, 7) is 0.274. The van der Waals surface area contributed by atoms with Gasteiger partial charge in [-0.3, -0.25) is 0 Å². The third-order valence-corrected chi connectivity index (χ3v) is 2.47. The zero-order chi connectivity index (χ0) is 13.1. The summed E-state index contributed by atoms with van der Waals surface area (Å²) in [7, 11) is 1.25. The topological polar surface area (TPSA) is 61.5 Å². The van der Waals surface area contributed by atoms with Crippen molar-refractivity contribution in [2.75, 3.05) is 13.7 Å². The smallest absolute Gasteiger partial charge is 0.353 e. The second kappa shape index (κ2) is 4.91. The van der Waals surface area contributed by atoms with E-state index in [1.165, 1.54) is 25.3 Å². The molecule has 0 fully saturated rings. The Labute approximate surface area is 103 Å². The summed E-state index contributed by atoms with van der Waals surface area (Å²) in [5, 5.41) is 0. The van der Waals surface area contributed by atoms with E-state index in [9.17, 15) is 9.18 Å². The van der Waals surface area contributed by atoms with Crippen molar-refractivity contribution in [3.63, 3.8) is 0 Å². The summed E-state index contributed by atoms with van der Waals surface area (Å²) in [5.41, 5.74) is 6.80. The Bertz CT molecular complexity index is 549. The molecule has 1 heterocycles. The fraction of sp³-hybridized carbons (Fsp3) is 0.154. The van der Waals surface area contributed by atoms with Gasteiger partial charge in [0.15, 0.2) is 0 Å². The number of ether oxygens (including phenoxy) is 2. The van der Waals surface area contributed by atoms with Crippen LogP contribution in [0.1, 0.15) is 5.56 Å². The van der Waals surface area contributed by atoms with Crippen LogP contribution in [0.25, 0.3) is 6.08 Å². The van der Waals surface area contributed by atoms with Gasteiger partial charge in [0, 0.05) is 5.56 Å². The lowest BCUT2D eigenvalue weighted by Crippen LogP contribution is -2.15. The average Bonchev–Trinajstić information content (AvgIpc) is 2.37. The Morgan fingerprint density at radius 2 is 2.33 bits per heavy atom. The Morgan fingerprint density at radius 3 is 3.06 bits per heavy atom. The monoisotopic (exact) mass is 249 g/mol. The highest BCUT2D eigenvalue weighted by Gasteiger charge is 2.12. The van der Waals surface area contributed by atoms with Gasteiger partial charge in [-0.05, 0) is 35.9 Å². The van der Waals surface area contributed by atoms with E-state index < -0.39 is 5.97 Å². The quantitative estimate of drug-likeness (QED) is 0.639. The van der Waals surface area contributed by atoms with Crippen LogP contribution in [0.2, 0.25) is 0 Å². The van der Waals surface area contributed by atoms with E-state index in [4.69, 9.17) is 10.5 Å². The fourth-order valence-corrected chi connectivity index (χ4v) is 1.63. The number of esters is 1. The number of benzene rings is 1. The normalized spacial score (nSPS) is 14.3. The number of halogens is 1. The summed E-state index contributed by atoms with van der Waals surface area (Å²) >= 11 is 0. The zero-order valence-corrected chi connectivity index (χ0v) is 9.77. The molecule has 0 atom stereocenters. The summed E-state index contributed by atoms with van der Waals surface area (Å²) in [6, 6.07) is 4.25. The summed E-state index contributed by atoms with van der Waals surface area (Å²) in [6.07, 6.45) is 3.18. The van der Waals surface area contributed by atoms with Crippen molar-refractivity contribution in [1.29, 1.82) is 0 Å². The van der Waals surface area contributed by atoms with Gasteiger partial charge in [0.25, 0.3) is 0 Å². The van der Waals surface area contributed by atoms with E-state index in [0.717, 1.165) is 0 Å². The molecule has 0 bridgehead atoms. The zero-order valence-electron chi connectivity index (χ0n) is 9.77. The van der Waals surface area contributed by atoms with E-state index >= 15 is 0 Å². The fourth-order valence-electron chi connectivity index (χ4n) is 1.63. The molecule has 0 saturated carbocycles. The number of fused-ring (bicyclic) bond motifs is 1. The second-order valence-electron chi connectivity index (χ2n) is 3.78. The minimum atomic E-state index is -0.610. The molecule has 2 rings (SSSR count). The van der Waals surface area contributed by atoms with Crippen molar-refractivity contribution in [2.24, 2.45) is 5.73 Å². The Balaban J connectivity index is 2.30. The molecule has 2 N–H and O–H groups in total. The molecule has 18 heavy (non-hydrogen) atoms. The Kier molecular flexibility index (Phi) is 3.32. The average molecular weight is 249 g/mol. The molecule has 4 nitrogen and oxygen atoms in total. The van der Waals surface area contributed by atoms with Crippen LogP contribution < -0.4 is 10.5 Å². The number of hydrogen-bond acceptors (Lipinski definition) is 4. The van der Waals surface area contributed by atoms with Crippen molar-refractivity contribution in [1.82, 2.24) is 0 Å². The molecule has 1 aliphatic rings. The molecular weight excluding hydrogens is 237 g/mol. The Morgan fingerprint density at radius 1 is 1.56 bits per heavy atom. The van der Waals surface area contributed by atoms with Crippen LogP contribution in [0, 0.1) is 5.82 Å². The van der Waals surface area contributed by atoms with E-state index in [1.807, 2.05) is 0 Å². The maximum Gasteiger partial charge on any atom is 0.353 e. The van der Waals surface area contributed by atoms with Crippen molar-refractivity contribution < 1.29 is 18.7 Å². The lowest BCUT2D eigenvalue weighted by molar-refractivity contribution is -0.136. The largest absolute Gasteiger partial charge is 0.488 e. The molecule has 0 spiro atoms. The van der Waals surface area contributed by atoms with Gasteiger partial charge in [0.2, 0.25) is 0 Å². The molecule has 0 radical (unpaired) electrons. The lowest BCUT2D eigenvalue weighted by Gasteiger charge is -2.16. The molecule has 1 aromatic carbocycles. The molecular formula is C13H12FNO3. The van der Waals surface area contributed by atoms with Crippen LogP contribution >= 0.6 is 0 Å². The van der Waals surface area contributed by atoms with Crippen molar-refractivity contribution in [2.45, 2.75) is 0 Å². The molecule has 5 heteroatoms. The molecule has 0 unspecified atom stereocenters. The number of carbonyl (C=O) groups is 1. The highest BCUT2D eigenvalue weighted by atomic mass is 19.1. The molecule has 0 saturated heterocycles. The van der Waals surface area contributed by atoms with Crippen LogP contribution in [0.5, 0.6) is 5.75 Å². The van der Waals surface area contributed by atoms with Gasteiger partial charge in [-0.15, -0.1) is 0 Å². The molecule has 1 aromatic rings. The second-order valence-corrected chi connectivity index (χ2v) is 3.78. The minimum absolute atomic E-state index is 0.0211. The first-order valence-electron chi connectivity index (χ1n) is 5.28. The first-order valence-corrected chi connectivity index (χ1v) is 5.28. The number of carbonyl (C=O) groups excluding carboxylic acids is 1. The van der Waals surface area contributed by atoms with Crippen LogP contribution in [-0.2, 0) is 9.53 Å². The number of methoxy groups -OCH3 is 1. The third-order valence-electron chi connectivity index (χ3n) is 2.47. The standard InChI is InChI=1S/C13H12FNO3/c1-17-13(16)11(15)5-8-4-9-6-10(14)2-3-12(9)18-7-8/h2-6H,7,15H2,1H3/b11-5-. The Hall–Kier alpha value is -2.30. The molecule has 0 aromatic heterocycles. The predicted octanol–water partition coefficient (Wildman–Crippen LogP) is 1.62. The van der Waals surface area contributed by atoms with Gasteiger partial charge in [0.05, 0.1) is 7.11 Å². The molecule has 94 valence electrons. The summed E-state index contributed by atoms with van der Waals surface area (Å²) in [4.78, 5) is 11.1. The van der Waals surface area contributed by atoms with Crippen LogP contribution in [0.15, 0.2) is 35.5 Å². The van der Waals surface area contributed by atoms with Gasteiger partial charge in [-0.1, -0.05) is 0 Å². The van der Waals surface area contributed by atoms with E-state index in [0.29, 0.717) is 16.9 Å². The highest BCUT2D eigenvalue weighted by Crippen LogP contribution is 2.27. The number of hydrogen-bond donors (Lipinski definition) is 1. The summed E-state index contributed by atoms with van der Waals surface area (Å²) < 4.78 is 23.0. The van der Waals surface area contributed by atoms with E-state index in [-0.39, 0.29) is 18.1 Å². The molecule has 0 aliphatic carbocycles. The maximum atomic E-state index is 13.1. The van der Waals surface area contributed by atoms with Gasteiger partial charge >= 0.3 is 5.97 Å². The van der Waals surface area contributed by atoms with Gasteiger partial charge in [-0.2, -0.15) is 0 Å². The summed E-state index contributed by atoms with van der Waals surface area (Å²) in [5.74, 6) is -0.356. The van der Waals surface area contributed by atoms with Crippen LogP contribution in [0.3, 0.4) is 0 Å². The van der Waals surface area contributed by atoms with Gasteiger partial charge in [0.1, 0.15) is 23.9 Å². The SMILES string of the molecule is COC(=O)/C(N)=C/C1=Cc2cc(F)ccc2OC1. The highest BCUT2D eigenvalue weighted by molar-refractivity contribution is 5.88. The van der Waals surface area contributed by atoms with Crippen LogP contribution in [-0.4, -0.2) is 19.7 Å². The van der Waals surface area contributed by atoms with Gasteiger partial charge in [-0.25, -0.2) is 9.18 Å². The van der Waals surface area contributed by atoms with E-state index in [2.05, 4.69) is 4.74 Å². The third kappa shape index (κ3) is 2.51. The van der Waals surface area contributed by atoms with Gasteiger partial charge < -0.3 is 15.2 Å². The lowest BCUT2D eigenvalue weighted by atomic mass is 10.1. The predicted molar refractivity (Wildman–Crippen MR) is 64.2 cm³/mol. The van der Waals surface area contributed by atoms with Crippen LogP contribution in [0.4, 0.5) is 4.39 Å². The molecule has 1 aliphatic heterocycles. The number of nitrogens with two attached hydrogens (primary N) is 1. The minimum Gasteiger partial charge on any atom is -0.488 e. The first-order chi connectivity index (χ1) is 8.60. The maximum absolute atomic E-state index is 13.1. The van der Waals surface area contributed by atoms with Crippen molar-refractivity contribution >= 4 is 12.0 Å². The first kappa shape index (κ1) is 12.2.